The maximum atomic E-state index is 14.5. The first-order valence-electron chi connectivity index (χ1n) is 14.5. The lowest BCUT2D eigenvalue weighted by molar-refractivity contribution is -0.151. The number of likely N-dealkylation sites (tertiary alicyclic amines) is 1. The van der Waals surface area contributed by atoms with Crippen LogP contribution < -0.4 is 4.90 Å². The van der Waals surface area contributed by atoms with Crippen molar-refractivity contribution in [1.29, 1.82) is 0 Å². The summed E-state index contributed by atoms with van der Waals surface area (Å²) in [5.41, 5.74) is -0.515. The van der Waals surface area contributed by atoms with Gasteiger partial charge in [-0.1, -0.05) is 82.5 Å². The molecule has 0 bridgehead atoms. The van der Waals surface area contributed by atoms with E-state index in [2.05, 4.69) is 6.92 Å². The number of carbonyl (C=O) groups is 3. The summed E-state index contributed by atoms with van der Waals surface area (Å²) in [4.78, 5) is 48.1. The fraction of sp³-hybridized carbons (Fsp3) is 0.581. The van der Waals surface area contributed by atoms with E-state index in [-0.39, 0.29) is 30.2 Å². The number of aliphatic hydroxyl groups excluding tert-OH is 1. The first-order chi connectivity index (χ1) is 18.9. The molecule has 4 aliphatic heterocycles. The van der Waals surface area contributed by atoms with Gasteiger partial charge in [-0.05, 0) is 24.5 Å². The van der Waals surface area contributed by atoms with Gasteiger partial charge in [0.15, 0.2) is 0 Å². The number of carbonyl (C=O) groups excluding carboxylic acids is 3. The molecule has 2 fully saturated rings. The van der Waals surface area contributed by atoms with Crippen molar-refractivity contribution in [2.24, 2.45) is 17.8 Å². The van der Waals surface area contributed by atoms with E-state index in [9.17, 15) is 19.5 Å². The number of fused-ring (bicyclic) bond motifs is 2. The van der Waals surface area contributed by atoms with Crippen LogP contribution in [0.3, 0.4) is 0 Å². The van der Waals surface area contributed by atoms with Crippen LogP contribution in [-0.2, 0) is 19.1 Å². The zero-order valence-corrected chi connectivity index (χ0v) is 23.2. The molecule has 5 rings (SSSR count). The Morgan fingerprint density at radius 1 is 1.03 bits per heavy atom. The van der Waals surface area contributed by atoms with Crippen molar-refractivity contribution >= 4 is 23.4 Å². The van der Waals surface area contributed by atoms with Crippen LogP contribution in [0.4, 0.5) is 5.69 Å². The molecule has 210 valence electrons. The highest BCUT2D eigenvalue weighted by Gasteiger charge is 2.72. The Bertz CT molecular complexity index is 1140. The Morgan fingerprint density at radius 3 is 2.49 bits per heavy atom. The monoisotopic (exact) mass is 535 g/mol. The molecular formula is C31H41N3O5. The first kappa shape index (κ1) is 27.6. The van der Waals surface area contributed by atoms with E-state index in [0.717, 1.165) is 31.4 Å². The summed E-state index contributed by atoms with van der Waals surface area (Å²) in [5.74, 6) is -2.30. The average Bonchev–Trinajstić information content (AvgIpc) is 3.26. The van der Waals surface area contributed by atoms with Gasteiger partial charge in [0.2, 0.25) is 17.7 Å². The Morgan fingerprint density at radius 2 is 1.79 bits per heavy atom. The fourth-order valence-corrected chi connectivity index (χ4v) is 6.89. The van der Waals surface area contributed by atoms with E-state index in [0.29, 0.717) is 19.6 Å². The zero-order chi connectivity index (χ0) is 27.7. The molecule has 1 aromatic carbocycles. The van der Waals surface area contributed by atoms with Gasteiger partial charge in [-0.2, -0.15) is 0 Å². The molecular weight excluding hydrogens is 494 g/mol. The van der Waals surface area contributed by atoms with Crippen LogP contribution in [-0.4, -0.2) is 82.7 Å². The van der Waals surface area contributed by atoms with Crippen molar-refractivity contribution in [2.75, 3.05) is 31.1 Å². The third-order valence-corrected chi connectivity index (χ3v) is 9.12. The number of nitrogens with zero attached hydrogens (tertiary/aromatic N) is 3. The van der Waals surface area contributed by atoms with Crippen LogP contribution in [0.2, 0.25) is 0 Å². The molecule has 4 heterocycles. The molecule has 4 aliphatic rings. The number of rotatable bonds is 9. The topological polar surface area (TPSA) is 90.4 Å². The summed E-state index contributed by atoms with van der Waals surface area (Å²) in [6.45, 7) is 7.28. The molecule has 1 N–H and O–H groups in total. The fourth-order valence-electron chi connectivity index (χ4n) is 6.89. The minimum atomic E-state index is -1.27. The number of hydrogen-bond donors (Lipinski definition) is 1. The molecule has 8 nitrogen and oxygen atoms in total. The van der Waals surface area contributed by atoms with Crippen molar-refractivity contribution in [1.82, 2.24) is 9.80 Å². The number of aliphatic hydroxyl groups is 1. The molecule has 0 aromatic heterocycles. The second-order valence-corrected chi connectivity index (χ2v) is 11.3. The van der Waals surface area contributed by atoms with Crippen LogP contribution >= 0.6 is 0 Å². The molecule has 3 amide bonds. The van der Waals surface area contributed by atoms with Gasteiger partial charge in [0, 0.05) is 25.3 Å². The Kier molecular flexibility index (Phi) is 7.96. The normalized spacial score (nSPS) is 31.6. The van der Waals surface area contributed by atoms with E-state index < -0.39 is 35.6 Å². The number of ether oxygens (including phenoxy) is 1. The lowest BCUT2D eigenvalue weighted by atomic mass is 9.77. The van der Waals surface area contributed by atoms with E-state index >= 15 is 0 Å². The maximum absolute atomic E-state index is 14.5. The Hall–Kier alpha value is -2.97. The van der Waals surface area contributed by atoms with Gasteiger partial charge in [0.1, 0.15) is 11.6 Å². The predicted molar refractivity (Wildman–Crippen MR) is 149 cm³/mol. The molecule has 7 atom stereocenters. The number of anilines is 1. The number of hydrogen-bond acceptors (Lipinski definition) is 5. The summed E-state index contributed by atoms with van der Waals surface area (Å²) in [5, 5.41) is 10.5. The second-order valence-electron chi connectivity index (χ2n) is 11.3. The molecule has 0 aliphatic carbocycles. The molecule has 0 saturated carbocycles. The van der Waals surface area contributed by atoms with Gasteiger partial charge in [-0.15, -0.1) is 0 Å². The van der Waals surface area contributed by atoms with E-state index in [1.54, 1.807) is 9.80 Å². The molecule has 39 heavy (non-hydrogen) atoms. The van der Waals surface area contributed by atoms with E-state index in [1.165, 1.54) is 0 Å². The smallest absolute Gasteiger partial charge is 0.249 e. The summed E-state index contributed by atoms with van der Waals surface area (Å²) in [6, 6.07) is 7.97. The molecule has 8 heteroatoms. The van der Waals surface area contributed by atoms with Gasteiger partial charge in [-0.25, -0.2) is 0 Å². The van der Waals surface area contributed by atoms with E-state index in [4.69, 9.17) is 4.74 Å². The summed E-state index contributed by atoms with van der Waals surface area (Å²) in [6.07, 6.45) is 10.7. The summed E-state index contributed by atoms with van der Waals surface area (Å²) in [7, 11) is 0. The number of benzene rings is 1. The second kappa shape index (κ2) is 11.3. The quantitative estimate of drug-likeness (QED) is 0.388. The first-order valence-corrected chi connectivity index (χ1v) is 14.5. The van der Waals surface area contributed by atoms with Gasteiger partial charge in [-0.3, -0.25) is 14.4 Å². The highest BCUT2D eigenvalue weighted by molar-refractivity contribution is 6.04. The van der Waals surface area contributed by atoms with Crippen molar-refractivity contribution in [2.45, 2.75) is 70.2 Å². The SMILES string of the molecule is CCCCCN1CC=C[C@]23O[C@@H]4C=CCN(c5ccccc5)C(=O)[C@@H]4[C@H]2C(=O)N([C@@H](CO)[C@@H](C)CC)C3C1=O. The number of amides is 3. The highest BCUT2D eigenvalue weighted by atomic mass is 16.5. The standard InChI is InChI=1S/C31H41N3O5/c1-4-6-10-17-32-18-12-16-31-26(29(37)34(27(31)30(32)38)23(20-35)21(3)5-2)25-24(39-31)15-11-19-33(28(25)36)22-13-8-7-9-14-22/h7-9,11-16,21,23-27,35H,4-6,10,17-20H2,1-3H3/t21-,23-,24+,25-,26-,27?,31-/m0/s1. The van der Waals surface area contributed by atoms with Crippen LogP contribution in [0.25, 0.3) is 0 Å². The Balaban J connectivity index is 1.59. The molecule has 1 unspecified atom stereocenters. The Labute approximate surface area is 231 Å². The molecule has 2 saturated heterocycles. The minimum absolute atomic E-state index is 0.0373. The summed E-state index contributed by atoms with van der Waals surface area (Å²) >= 11 is 0. The van der Waals surface area contributed by atoms with Crippen molar-refractivity contribution in [3.63, 3.8) is 0 Å². The van der Waals surface area contributed by atoms with Gasteiger partial charge < -0.3 is 24.5 Å². The van der Waals surface area contributed by atoms with Crippen molar-refractivity contribution in [3.05, 3.63) is 54.6 Å². The number of unbranched alkanes of at least 4 members (excludes halogenated alkanes) is 2. The lowest BCUT2D eigenvalue weighted by Gasteiger charge is -2.40. The van der Waals surface area contributed by atoms with Gasteiger partial charge >= 0.3 is 0 Å². The lowest BCUT2D eigenvalue weighted by Crippen LogP contribution is -2.59. The van der Waals surface area contributed by atoms with Crippen molar-refractivity contribution < 1.29 is 24.2 Å². The predicted octanol–water partition coefficient (Wildman–Crippen LogP) is 3.17. The summed E-state index contributed by atoms with van der Waals surface area (Å²) < 4.78 is 6.74. The van der Waals surface area contributed by atoms with Crippen LogP contribution in [0, 0.1) is 17.8 Å². The molecule has 0 radical (unpaired) electrons. The zero-order valence-electron chi connectivity index (χ0n) is 23.2. The highest BCUT2D eigenvalue weighted by Crippen LogP contribution is 2.54. The largest absolute Gasteiger partial charge is 0.394 e. The third-order valence-electron chi connectivity index (χ3n) is 9.12. The molecule has 1 aromatic rings. The van der Waals surface area contributed by atoms with Gasteiger partial charge in [0.05, 0.1) is 30.6 Å². The maximum Gasteiger partial charge on any atom is 0.249 e. The van der Waals surface area contributed by atoms with Crippen LogP contribution in [0.15, 0.2) is 54.6 Å². The van der Waals surface area contributed by atoms with Crippen LogP contribution in [0.5, 0.6) is 0 Å². The van der Waals surface area contributed by atoms with Crippen LogP contribution in [0.1, 0.15) is 46.5 Å². The third kappa shape index (κ3) is 4.51. The number of para-hydroxylation sites is 1. The van der Waals surface area contributed by atoms with Crippen molar-refractivity contribution in [3.8, 4) is 0 Å². The van der Waals surface area contributed by atoms with Gasteiger partial charge in [0.25, 0.3) is 0 Å². The van der Waals surface area contributed by atoms with E-state index in [1.807, 2.05) is 73.4 Å². The minimum Gasteiger partial charge on any atom is -0.394 e. The molecule has 1 spiro atoms. The average molecular weight is 536 g/mol.